The van der Waals surface area contributed by atoms with E-state index in [0.717, 1.165) is 16.4 Å². The third kappa shape index (κ3) is 3.97. The zero-order chi connectivity index (χ0) is 16.1. The minimum atomic E-state index is -1.69. The lowest BCUT2D eigenvalue weighted by Gasteiger charge is -2.23. The maximum atomic E-state index is 9.64. The summed E-state index contributed by atoms with van der Waals surface area (Å²) in [5, 5.41) is 50.8. The van der Waals surface area contributed by atoms with Crippen molar-refractivity contribution >= 4 is 32.9 Å². The fourth-order valence-electron chi connectivity index (χ4n) is 1.71. The summed E-state index contributed by atoms with van der Waals surface area (Å²) in [6.45, 7) is -0.730. The van der Waals surface area contributed by atoms with Gasteiger partial charge in [-0.15, -0.1) is 0 Å². The van der Waals surface area contributed by atoms with Gasteiger partial charge in [-0.1, -0.05) is 23.5 Å². The molecule has 0 spiro atoms. The fourth-order valence-corrected chi connectivity index (χ4v) is 2.53. The molecule has 0 aliphatic heterocycles. The number of nitrogens with zero attached hydrogens (tertiary/aromatic N) is 2. The van der Waals surface area contributed by atoms with Gasteiger partial charge in [-0.3, -0.25) is 5.43 Å². The van der Waals surface area contributed by atoms with Crippen molar-refractivity contribution in [2.24, 2.45) is 5.10 Å². The summed E-state index contributed by atoms with van der Waals surface area (Å²) in [5.74, 6) is 0. The van der Waals surface area contributed by atoms with Crippen LogP contribution in [0.25, 0.3) is 10.2 Å². The first-order valence-corrected chi connectivity index (χ1v) is 7.32. The first-order valence-electron chi connectivity index (χ1n) is 6.51. The van der Waals surface area contributed by atoms with E-state index in [9.17, 15) is 20.4 Å². The van der Waals surface area contributed by atoms with Crippen LogP contribution in [-0.2, 0) is 0 Å². The minimum absolute atomic E-state index is 0.509. The van der Waals surface area contributed by atoms with E-state index in [2.05, 4.69) is 15.5 Å². The monoisotopic (exact) mass is 327 g/mol. The molecule has 0 bridgehead atoms. The topological polar surface area (TPSA) is 138 Å². The van der Waals surface area contributed by atoms with E-state index in [1.165, 1.54) is 11.3 Å². The quantitative estimate of drug-likeness (QED) is 0.287. The molecule has 1 aromatic heterocycles. The number of fused-ring (bicyclic) bond motifs is 1. The van der Waals surface area contributed by atoms with Gasteiger partial charge in [-0.05, 0) is 12.1 Å². The van der Waals surface area contributed by atoms with Crippen molar-refractivity contribution < 1.29 is 25.5 Å². The molecule has 6 N–H and O–H groups in total. The lowest BCUT2D eigenvalue weighted by Crippen LogP contribution is -2.46. The predicted molar refractivity (Wildman–Crippen MR) is 82.8 cm³/mol. The van der Waals surface area contributed by atoms with E-state index < -0.39 is 31.0 Å². The van der Waals surface area contributed by atoms with Crippen molar-refractivity contribution in [1.82, 2.24) is 4.98 Å². The summed E-state index contributed by atoms with van der Waals surface area (Å²) >= 11 is 1.37. The Morgan fingerprint density at radius 3 is 2.59 bits per heavy atom. The van der Waals surface area contributed by atoms with Gasteiger partial charge in [0.25, 0.3) is 0 Å². The van der Waals surface area contributed by atoms with Crippen LogP contribution in [0.15, 0.2) is 29.4 Å². The highest BCUT2D eigenvalue weighted by Crippen LogP contribution is 2.25. The molecule has 9 heteroatoms. The molecule has 2 aromatic rings. The SMILES string of the molecule is OCC(O)C(O)C(O)C(O)/C=N/Nc1nc2ccccc2s1. The molecule has 4 atom stereocenters. The van der Waals surface area contributed by atoms with Gasteiger partial charge in [0.1, 0.15) is 24.4 Å². The lowest BCUT2D eigenvalue weighted by atomic mass is 10.0. The van der Waals surface area contributed by atoms with Crippen LogP contribution in [0.5, 0.6) is 0 Å². The number of aromatic nitrogens is 1. The summed E-state index contributed by atoms with van der Waals surface area (Å²) in [6, 6.07) is 7.52. The number of hydrazone groups is 1. The number of hydrogen-bond donors (Lipinski definition) is 6. The van der Waals surface area contributed by atoms with Crippen LogP contribution in [0.2, 0.25) is 0 Å². The van der Waals surface area contributed by atoms with Crippen molar-refractivity contribution in [1.29, 1.82) is 0 Å². The Morgan fingerprint density at radius 2 is 1.91 bits per heavy atom. The third-order valence-corrected chi connectivity index (χ3v) is 3.90. The van der Waals surface area contributed by atoms with E-state index in [1.54, 1.807) is 0 Å². The molecular formula is C13H17N3O5S. The molecule has 22 heavy (non-hydrogen) atoms. The maximum Gasteiger partial charge on any atom is 0.204 e. The van der Waals surface area contributed by atoms with Crippen molar-refractivity contribution in [2.45, 2.75) is 24.4 Å². The van der Waals surface area contributed by atoms with Crippen molar-refractivity contribution in [3.8, 4) is 0 Å². The number of hydrogen-bond acceptors (Lipinski definition) is 9. The van der Waals surface area contributed by atoms with Crippen LogP contribution in [0.3, 0.4) is 0 Å². The molecule has 0 fully saturated rings. The molecule has 0 aliphatic carbocycles. The molecule has 0 aliphatic rings. The molecule has 4 unspecified atom stereocenters. The van der Waals surface area contributed by atoms with E-state index in [1.807, 2.05) is 24.3 Å². The molecular weight excluding hydrogens is 310 g/mol. The Kier molecular flexibility index (Phi) is 5.77. The zero-order valence-electron chi connectivity index (χ0n) is 11.4. The van der Waals surface area contributed by atoms with Crippen LogP contribution in [0, 0.1) is 0 Å². The van der Waals surface area contributed by atoms with Gasteiger partial charge in [-0.2, -0.15) is 5.10 Å². The summed E-state index contributed by atoms with van der Waals surface area (Å²) in [5.41, 5.74) is 3.43. The Hall–Kier alpha value is -1.62. The second-order valence-electron chi connectivity index (χ2n) is 4.60. The average molecular weight is 327 g/mol. The third-order valence-electron chi connectivity index (χ3n) is 2.96. The number of benzene rings is 1. The largest absolute Gasteiger partial charge is 0.394 e. The predicted octanol–water partition coefficient (Wildman–Crippen LogP) is -0.870. The van der Waals surface area contributed by atoms with Crippen LogP contribution < -0.4 is 5.43 Å². The van der Waals surface area contributed by atoms with Gasteiger partial charge < -0.3 is 25.5 Å². The zero-order valence-corrected chi connectivity index (χ0v) is 12.3. The van der Waals surface area contributed by atoms with Gasteiger partial charge in [0, 0.05) is 0 Å². The highest BCUT2D eigenvalue weighted by Gasteiger charge is 2.29. The van der Waals surface area contributed by atoms with Gasteiger partial charge in [0.05, 0.1) is 23.0 Å². The highest BCUT2D eigenvalue weighted by molar-refractivity contribution is 7.22. The van der Waals surface area contributed by atoms with Crippen LogP contribution in [-0.4, -0.2) is 67.8 Å². The van der Waals surface area contributed by atoms with Gasteiger partial charge in [0.2, 0.25) is 5.13 Å². The number of para-hydroxylation sites is 1. The Labute approximate surface area is 130 Å². The number of thiazole rings is 1. The summed E-state index contributed by atoms with van der Waals surface area (Å²) in [7, 11) is 0. The number of aliphatic hydroxyl groups excluding tert-OH is 5. The van der Waals surface area contributed by atoms with Gasteiger partial charge in [-0.25, -0.2) is 4.98 Å². The molecule has 8 nitrogen and oxygen atoms in total. The van der Waals surface area contributed by atoms with Crippen molar-refractivity contribution in [3.05, 3.63) is 24.3 Å². The molecule has 0 amide bonds. The summed E-state index contributed by atoms with van der Waals surface area (Å²) in [6.07, 6.45) is -5.45. The van der Waals surface area contributed by atoms with Crippen LogP contribution in [0.4, 0.5) is 5.13 Å². The number of aliphatic hydroxyl groups is 5. The molecule has 1 heterocycles. The van der Waals surface area contributed by atoms with E-state index in [4.69, 9.17) is 5.11 Å². The number of rotatable bonds is 7. The van der Waals surface area contributed by atoms with Gasteiger partial charge in [0.15, 0.2) is 0 Å². The molecule has 2 rings (SSSR count). The summed E-state index contributed by atoms with van der Waals surface area (Å²) < 4.78 is 0.974. The van der Waals surface area contributed by atoms with Gasteiger partial charge >= 0.3 is 0 Å². The van der Waals surface area contributed by atoms with Crippen molar-refractivity contribution in [2.75, 3.05) is 12.0 Å². The normalized spacial score (nSPS) is 17.5. The summed E-state index contributed by atoms with van der Waals surface area (Å²) in [4.78, 5) is 4.26. The maximum absolute atomic E-state index is 9.64. The minimum Gasteiger partial charge on any atom is -0.394 e. The standard InChI is InChI=1S/C13H17N3O5S/c17-6-9(19)12(21)11(20)8(18)5-14-16-13-15-7-3-1-2-4-10(7)22-13/h1-5,8-9,11-12,17-21H,6H2,(H,15,16)/b14-5+. The van der Waals surface area contributed by atoms with Crippen LogP contribution in [0.1, 0.15) is 0 Å². The van der Waals surface area contributed by atoms with E-state index in [-0.39, 0.29) is 0 Å². The van der Waals surface area contributed by atoms with Crippen molar-refractivity contribution in [3.63, 3.8) is 0 Å². The smallest absolute Gasteiger partial charge is 0.204 e. The Balaban J connectivity index is 1.93. The van der Waals surface area contributed by atoms with E-state index in [0.29, 0.717) is 5.13 Å². The molecule has 0 saturated heterocycles. The molecule has 120 valence electrons. The second kappa shape index (κ2) is 7.58. The number of anilines is 1. The Bertz CT molecular complexity index is 602. The average Bonchev–Trinajstić information content (AvgIpc) is 2.95. The Morgan fingerprint density at radius 1 is 1.18 bits per heavy atom. The molecule has 0 radical (unpaired) electrons. The first-order chi connectivity index (χ1) is 10.5. The number of nitrogens with one attached hydrogen (secondary N) is 1. The van der Waals surface area contributed by atoms with Crippen LogP contribution >= 0.6 is 11.3 Å². The molecule has 1 aromatic carbocycles. The first kappa shape index (κ1) is 16.7. The second-order valence-corrected chi connectivity index (χ2v) is 5.63. The van der Waals surface area contributed by atoms with E-state index >= 15 is 0 Å². The molecule has 0 saturated carbocycles. The fraction of sp³-hybridized carbons (Fsp3) is 0.385. The highest BCUT2D eigenvalue weighted by atomic mass is 32.1. The lowest BCUT2D eigenvalue weighted by molar-refractivity contribution is -0.0999.